The molecule has 0 atom stereocenters. The van der Waals surface area contributed by atoms with Crippen molar-refractivity contribution in [3.63, 3.8) is 0 Å². The minimum atomic E-state index is -0.282. The minimum Gasteiger partial charge on any atom is -0.490 e. The van der Waals surface area contributed by atoms with E-state index in [9.17, 15) is 4.79 Å². The van der Waals surface area contributed by atoms with Crippen LogP contribution in [0.1, 0.15) is 34.9 Å². The predicted octanol–water partition coefficient (Wildman–Crippen LogP) is 4.19. The number of hydrogen-bond donors (Lipinski definition) is 2. The number of pyridine rings is 1. The van der Waals surface area contributed by atoms with Crippen molar-refractivity contribution in [3.05, 3.63) is 52.7 Å². The Hall–Kier alpha value is -3.13. The molecule has 0 unspecified atom stereocenters. The quantitative estimate of drug-likeness (QED) is 0.660. The molecule has 0 saturated carbocycles. The van der Waals surface area contributed by atoms with Gasteiger partial charge in [-0.1, -0.05) is 17.4 Å². The standard InChI is InChI=1S/C22H23N5O2S/c1-13-5-4-6-18(23-13)24-14-7-8-17-16(11-14)27(9-10-29-17)21-25-15-12-22(2,3)26-20(28)19(15)30-21/h4-8,11H,9-10,12H2,1-3H3,(H,23,24)(H,26,28). The summed E-state index contributed by atoms with van der Waals surface area (Å²) in [6, 6.07) is 11.9. The fourth-order valence-electron chi connectivity index (χ4n) is 3.83. The molecule has 2 aliphatic heterocycles. The number of ether oxygens (including phenoxy) is 1. The normalized spacial score (nSPS) is 16.9. The van der Waals surface area contributed by atoms with Crippen LogP contribution in [0.3, 0.4) is 0 Å². The van der Waals surface area contributed by atoms with Crippen molar-refractivity contribution in [1.29, 1.82) is 0 Å². The number of nitrogens with zero attached hydrogens (tertiary/aromatic N) is 3. The van der Waals surface area contributed by atoms with Crippen molar-refractivity contribution in [1.82, 2.24) is 15.3 Å². The van der Waals surface area contributed by atoms with Crippen molar-refractivity contribution >= 4 is 39.6 Å². The van der Waals surface area contributed by atoms with Crippen LogP contribution in [-0.2, 0) is 6.42 Å². The third-order valence-corrected chi connectivity index (χ3v) is 6.29. The summed E-state index contributed by atoms with van der Waals surface area (Å²) in [7, 11) is 0. The molecule has 1 aromatic carbocycles. The van der Waals surface area contributed by atoms with Gasteiger partial charge in [0.15, 0.2) is 5.13 Å². The zero-order chi connectivity index (χ0) is 20.9. The third-order valence-electron chi connectivity index (χ3n) is 5.17. The fourth-order valence-corrected chi connectivity index (χ4v) is 4.85. The van der Waals surface area contributed by atoms with Gasteiger partial charge in [0, 0.05) is 23.3 Å². The van der Waals surface area contributed by atoms with Crippen LogP contribution < -0.4 is 20.3 Å². The number of aryl methyl sites for hydroxylation is 1. The van der Waals surface area contributed by atoms with Crippen LogP contribution in [-0.4, -0.2) is 34.6 Å². The number of aromatic nitrogens is 2. The Bertz CT molecular complexity index is 1140. The molecule has 154 valence electrons. The second-order valence-electron chi connectivity index (χ2n) is 8.26. The van der Waals surface area contributed by atoms with E-state index < -0.39 is 0 Å². The van der Waals surface area contributed by atoms with Crippen molar-refractivity contribution in [3.8, 4) is 5.75 Å². The average molecular weight is 422 g/mol. The molecule has 2 aliphatic rings. The van der Waals surface area contributed by atoms with Gasteiger partial charge in [-0.15, -0.1) is 0 Å². The molecule has 0 bridgehead atoms. The van der Waals surface area contributed by atoms with Gasteiger partial charge in [-0.2, -0.15) is 0 Å². The molecular weight excluding hydrogens is 398 g/mol. The van der Waals surface area contributed by atoms with E-state index in [0.29, 0.717) is 18.0 Å². The molecule has 0 aliphatic carbocycles. The zero-order valence-corrected chi connectivity index (χ0v) is 18.0. The molecular formula is C22H23N5O2S. The number of thiazole rings is 1. The molecule has 3 aromatic rings. The Morgan fingerprint density at radius 2 is 2.10 bits per heavy atom. The molecule has 30 heavy (non-hydrogen) atoms. The maximum Gasteiger partial charge on any atom is 0.263 e. The van der Waals surface area contributed by atoms with E-state index in [1.54, 1.807) is 0 Å². The zero-order valence-electron chi connectivity index (χ0n) is 17.2. The highest BCUT2D eigenvalue weighted by Crippen LogP contribution is 2.42. The van der Waals surface area contributed by atoms with E-state index in [1.165, 1.54) is 11.3 Å². The Balaban J connectivity index is 1.49. The molecule has 0 spiro atoms. The molecule has 8 heteroatoms. The van der Waals surface area contributed by atoms with Gasteiger partial charge in [0.1, 0.15) is 23.1 Å². The first-order valence-electron chi connectivity index (χ1n) is 9.95. The maximum atomic E-state index is 12.5. The van der Waals surface area contributed by atoms with Crippen molar-refractivity contribution in [2.24, 2.45) is 0 Å². The summed E-state index contributed by atoms with van der Waals surface area (Å²) in [6.07, 6.45) is 0.725. The summed E-state index contributed by atoms with van der Waals surface area (Å²) in [6.45, 7) is 7.26. The number of amides is 1. The molecule has 5 rings (SSSR count). The first-order chi connectivity index (χ1) is 14.4. The van der Waals surface area contributed by atoms with Crippen LogP contribution in [0.15, 0.2) is 36.4 Å². The van der Waals surface area contributed by atoms with Gasteiger partial charge < -0.3 is 20.3 Å². The van der Waals surface area contributed by atoms with Crippen LogP contribution >= 0.6 is 11.3 Å². The summed E-state index contributed by atoms with van der Waals surface area (Å²) in [5, 5.41) is 7.24. The van der Waals surface area contributed by atoms with E-state index in [4.69, 9.17) is 9.72 Å². The number of carbonyl (C=O) groups excluding carboxylic acids is 1. The van der Waals surface area contributed by atoms with Crippen LogP contribution in [0.4, 0.5) is 22.3 Å². The van der Waals surface area contributed by atoms with Crippen LogP contribution in [0.25, 0.3) is 0 Å². The molecule has 4 heterocycles. The molecule has 1 amide bonds. The van der Waals surface area contributed by atoms with Crippen LogP contribution in [0, 0.1) is 6.92 Å². The largest absolute Gasteiger partial charge is 0.490 e. The van der Waals surface area contributed by atoms with E-state index >= 15 is 0 Å². The smallest absolute Gasteiger partial charge is 0.263 e. The lowest BCUT2D eigenvalue weighted by atomic mass is 9.94. The molecule has 0 fully saturated rings. The van der Waals surface area contributed by atoms with Crippen LogP contribution in [0.5, 0.6) is 5.75 Å². The van der Waals surface area contributed by atoms with Gasteiger partial charge in [0.05, 0.1) is 17.9 Å². The summed E-state index contributed by atoms with van der Waals surface area (Å²) in [5.74, 6) is 1.56. The number of hydrogen-bond acceptors (Lipinski definition) is 7. The van der Waals surface area contributed by atoms with E-state index in [0.717, 1.165) is 45.9 Å². The van der Waals surface area contributed by atoms with E-state index in [-0.39, 0.29) is 11.4 Å². The average Bonchev–Trinajstić information content (AvgIpc) is 3.10. The summed E-state index contributed by atoms with van der Waals surface area (Å²) >= 11 is 1.44. The van der Waals surface area contributed by atoms with Gasteiger partial charge in [0.2, 0.25) is 0 Å². The molecule has 0 saturated heterocycles. The number of nitrogens with one attached hydrogen (secondary N) is 2. The maximum absolute atomic E-state index is 12.5. The fraction of sp³-hybridized carbons (Fsp3) is 0.318. The second-order valence-corrected chi connectivity index (χ2v) is 9.24. The topological polar surface area (TPSA) is 79.4 Å². The SMILES string of the molecule is Cc1cccc(Nc2ccc3c(c2)N(c2nc4c(s2)C(=O)NC(C)(C)C4)CCO3)n1. The molecule has 2 aromatic heterocycles. The number of benzene rings is 1. The predicted molar refractivity (Wildman–Crippen MR) is 119 cm³/mol. The van der Waals surface area contributed by atoms with Gasteiger partial charge >= 0.3 is 0 Å². The van der Waals surface area contributed by atoms with Gasteiger partial charge in [0.25, 0.3) is 5.91 Å². The van der Waals surface area contributed by atoms with Gasteiger partial charge in [-0.3, -0.25) is 4.79 Å². The van der Waals surface area contributed by atoms with Crippen molar-refractivity contribution in [2.75, 3.05) is 23.4 Å². The number of fused-ring (bicyclic) bond motifs is 2. The van der Waals surface area contributed by atoms with Crippen LogP contribution in [0.2, 0.25) is 0 Å². The Labute approximate surface area is 179 Å². The highest BCUT2D eigenvalue weighted by atomic mass is 32.1. The van der Waals surface area contributed by atoms with E-state index in [1.807, 2.05) is 57.2 Å². The molecule has 2 N–H and O–H groups in total. The summed E-state index contributed by atoms with van der Waals surface area (Å²) in [4.78, 5) is 24.7. The highest BCUT2D eigenvalue weighted by molar-refractivity contribution is 7.17. The molecule has 0 radical (unpaired) electrons. The number of anilines is 4. The second kappa shape index (κ2) is 6.98. The Morgan fingerprint density at radius 3 is 2.93 bits per heavy atom. The van der Waals surface area contributed by atoms with Crippen molar-refractivity contribution < 1.29 is 9.53 Å². The lowest BCUT2D eigenvalue weighted by Crippen LogP contribution is -2.48. The summed E-state index contributed by atoms with van der Waals surface area (Å²) in [5.41, 5.74) is 3.40. The van der Waals surface area contributed by atoms with Gasteiger partial charge in [-0.25, -0.2) is 9.97 Å². The monoisotopic (exact) mass is 421 g/mol. The third kappa shape index (κ3) is 3.47. The highest BCUT2D eigenvalue weighted by Gasteiger charge is 2.34. The first-order valence-corrected chi connectivity index (χ1v) is 10.8. The number of rotatable bonds is 3. The van der Waals surface area contributed by atoms with Gasteiger partial charge in [-0.05, 0) is 51.1 Å². The van der Waals surface area contributed by atoms with E-state index in [2.05, 4.69) is 20.5 Å². The summed E-state index contributed by atoms with van der Waals surface area (Å²) < 4.78 is 5.87. The first kappa shape index (κ1) is 18.9. The lowest BCUT2D eigenvalue weighted by Gasteiger charge is -2.30. The Morgan fingerprint density at radius 1 is 1.23 bits per heavy atom. The molecule has 7 nitrogen and oxygen atoms in total. The lowest BCUT2D eigenvalue weighted by molar-refractivity contribution is 0.0901. The Kier molecular flexibility index (Phi) is 4.39. The van der Waals surface area contributed by atoms with Crippen molar-refractivity contribution in [2.45, 2.75) is 32.7 Å². The number of carbonyl (C=O) groups is 1. The minimum absolute atomic E-state index is 0.0422.